The van der Waals surface area contributed by atoms with Gasteiger partial charge in [-0.2, -0.15) is 0 Å². The monoisotopic (exact) mass is 188 g/mol. The molecule has 0 saturated carbocycles. The van der Waals surface area contributed by atoms with Crippen LogP contribution in [0.15, 0.2) is 0 Å². The molecule has 76 valence electrons. The summed E-state index contributed by atoms with van der Waals surface area (Å²) in [6.45, 7) is 0.580. The van der Waals surface area contributed by atoms with Gasteiger partial charge in [-0.05, 0) is 19.4 Å². The van der Waals surface area contributed by atoms with E-state index in [4.69, 9.17) is 16.9 Å². The minimum atomic E-state index is -0.586. The van der Waals surface area contributed by atoms with Crippen LogP contribution in [0, 0.1) is 5.41 Å². The van der Waals surface area contributed by atoms with Gasteiger partial charge in [0.2, 0.25) is 0 Å². The maximum atomic E-state index is 10.7. The number of carbonyl (C=O) groups excluding carboxylic acids is 1. The molecule has 0 unspecified atom stereocenters. The summed E-state index contributed by atoms with van der Waals surface area (Å²) in [4.78, 5) is 10.7. The fourth-order valence-electron chi connectivity index (χ4n) is 0.759. The van der Waals surface area contributed by atoms with Gasteiger partial charge in [-0.25, -0.2) is 4.79 Å². The lowest BCUT2D eigenvalue weighted by Gasteiger charge is -2.07. The summed E-state index contributed by atoms with van der Waals surface area (Å²) < 4.78 is 4.36. The lowest BCUT2D eigenvalue weighted by molar-refractivity contribution is -0.132. The number of nitrogens with two attached hydrogens (primary N) is 2. The molecule has 6 nitrogen and oxygen atoms in total. The molecular formula is C7H16N4O2. The van der Waals surface area contributed by atoms with Gasteiger partial charge in [-0.1, -0.05) is 0 Å². The third-order valence-electron chi connectivity index (χ3n) is 1.42. The average molecular weight is 188 g/mol. The van der Waals surface area contributed by atoms with Gasteiger partial charge in [0.15, 0.2) is 0 Å². The van der Waals surface area contributed by atoms with Crippen molar-refractivity contribution in [1.82, 2.24) is 5.32 Å². The second kappa shape index (κ2) is 6.53. The first-order valence-corrected chi connectivity index (χ1v) is 3.98. The summed E-state index contributed by atoms with van der Waals surface area (Å²) in [5.41, 5.74) is 10.4. The Morgan fingerprint density at radius 1 is 1.62 bits per heavy atom. The molecule has 13 heavy (non-hydrogen) atoms. The predicted molar refractivity (Wildman–Crippen MR) is 49.1 cm³/mol. The number of carbonyl (C=O) groups is 1. The molecule has 0 amide bonds. The highest BCUT2D eigenvalue weighted by Gasteiger charge is 2.07. The Morgan fingerprint density at radius 2 is 2.23 bits per heavy atom. The molecule has 0 rings (SSSR count). The molecule has 6 N–H and O–H groups in total. The van der Waals surface area contributed by atoms with Crippen molar-refractivity contribution >= 4 is 11.7 Å². The van der Waals surface area contributed by atoms with Crippen LogP contribution in [0.1, 0.15) is 12.8 Å². The SMILES string of the molecule is COC(=O)C(=N)CCCNC(N)N. The second-order valence-electron chi connectivity index (χ2n) is 2.55. The Kier molecular flexibility index (Phi) is 6.03. The van der Waals surface area contributed by atoms with Gasteiger partial charge < -0.3 is 16.2 Å². The zero-order valence-corrected chi connectivity index (χ0v) is 7.67. The first-order valence-electron chi connectivity index (χ1n) is 3.98. The third kappa shape index (κ3) is 6.21. The number of ether oxygens (including phenoxy) is 1. The molecule has 0 fully saturated rings. The molecule has 0 heterocycles. The van der Waals surface area contributed by atoms with E-state index in [-0.39, 0.29) is 5.71 Å². The van der Waals surface area contributed by atoms with Crippen LogP contribution >= 0.6 is 0 Å². The standard InChI is InChI=1S/C7H16N4O2/c1-13-6(12)5(8)3-2-4-11-7(9)10/h7-8,11H,2-4,9-10H2,1H3. The van der Waals surface area contributed by atoms with E-state index in [2.05, 4.69) is 10.1 Å². The molecule has 0 aliphatic carbocycles. The van der Waals surface area contributed by atoms with Crippen molar-refractivity contribution in [2.24, 2.45) is 11.5 Å². The smallest absolute Gasteiger partial charge is 0.351 e. The summed E-state index contributed by atoms with van der Waals surface area (Å²) in [6, 6.07) is 0. The van der Waals surface area contributed by atoms with Crippen molar-refractivity contribution in [3.63, 3.8) is 0 Å². The molecule has 0 spiro atoms. The maximum absolute atomic E-state index is 10.7. The van der Waals surface area contributed by atoms with Crippen molar-refractivity contribution in [3.8, 4) is 0 Å². The predicted octanol–water partition coefficient (Wildman–Crippen LogP) is -1.25. The first kappa shape index (κ1) is 12.0. The first-order chi connectivity index (χ1) is 6.07. The fourth-order valence-corrected chi connectivity index (χ4v) is 0.759. The van der Waals surface area contributed by atoms with Crippen LogP contribution in [0.2, 0.25) is 0 Å². The van der Waals surface area contributed by atoms with Crippen molar-refractivity contribution in [2.75, 3.05) is 13.7 Å². The summed E-state index contributed by atoms with van der Waals surface area (Å²) in [7, 11) is 1.25. The Morgan fingerprint density at radius 3 is 2.69 bits per heavy atom. The van der Waals surface area contributed by atoms with Gasteiger partial charge in [0.25, 0.3) is 0 Å². The van der Waals surface area contributed by atoms with E-state index in [9.17, 15) is 4.79 Å². The van der Waals surface area contributed by atoms with Gasteiger partial charge >= 0.3 is 5.97 Å². The summed E-state index contributed by atoms with van der Waals surface area (Å²) in [5, 5.41) is 9.98. The molecule has 0 aromatic carbocycles. The lowest BCUT2D eigenvalue weighted by atomic mass is 10.2. The minimum Gasteiger partial charge on any atom is -0.465 e. The van der Waals surface area contributed by atoms with E-state index in [1.807, 2.05) is 0 Å². The van der Waals surface area contributed by atoms with Crippen LogP contribution < -0.4 is 16.8 Å². The number of methoxy groups -OCH3 is 1. The van der Waals surface area contributed by atoms with Gasteiger partial charge in [0.05, 0.1) is 7.11 Å². The molecule has 0 aromatic rings. The highest BCUT2D eigenvalue weighted by Crippen LogP contribution is 1.91. The van der Waals surface area contributed by atoms with E-state index in [0.29, 0.717) is 19.4 Å². The Hall–Kier alpha value is -0.980. The van der Waals surface area contributed by atoms with E-state index in [1.54, 1.807) is 0 Å². The Balaban J connectivity index is 3.43. The van der Waals surface area contributed by atoms with Crippen LogP contribution in [-0.2, 0) is 9.53 Å². The number of hydrogen-bond donors (Lipinski definition) is 4. The summed E-state index contributed by atoms with van der Waals surface area (Å²) in [5.74, 6) is -0.586. The molecule has 0 aliphatic heterocycles. The minimum absolute atomic E-state index is 0.0325. The van der Waals surface area contributed by atoms with Crippen LogP contribution in [0.25, 0.3) is 0 Å². The highest BCUT2D eigenvalue weighted by atomic mass is 16.5. The Bertz CT molecular complexity index is 181. The number of esters is 1. The van der Waals surface area contributed by atoms with Gasteiger partial charge in [0.1, 0.15) is 12.0 Å². The molecule has 0 saturated heterocycles. The molecule has 0 aliphatic rings. The quantitative estimate of drug-likeness (QED) is 0.180. The maximum Gasteiger partial charge on any atom is 0.351 e. The molecule has 0 radical (unpaired) electrons. The summed E-state index contributed by atoms with van der Waals surface area (Å²) >= 11 is 0. The normalized spacial score (nSPS) is 10.2. The van der Waals surface area contributed by atoms with Crippen molar-refractivity contribution in [2.45, 2.75) is 19.1 Å². The molecule has 0 bridgehead atoms. The summed E-state index contributed by atoms with van der Waals surface area (Å²) in [6.07, 6.45) is 0.456. The van der Waals surface area contributed by atoms with Crippen LogP contribution in [0.3, 0.4) is 0 Å². The van der Waals surface area contributed by atoms with Gasteiger partial charge in [0, 0.05) is 0 Å². The van der Waals surface area contributed by atoms with Crippen molar-refractivity contribution in [3.05, 3.63) is 0 Å². The number of rotatable bonds is 6. The average Bonchev–Trinajstić information content (AvgIpc) is 2.10. The zero-order valence-electron chi connectivity index (χ0n) is 7.67. The molecule has 0 atom stereocenters. The highest BCUT2D eigenvalue weighted by molar-refractivity contribution is 6.34. The largest absolute Gasteiger partial charge is 0.465 e. The fraction of sp³-hybridized carbons (Fsp3) is 0.714. The second-order valence-corrected chi connectivity index (χ2v) is 2.55. The molecular weight excluding hydrogens is 172 g/mol. The van der Waals surface area contributed by atoms with Crippen molar-refractivity contribution in [1.29, 1.82) is 5.41 Å². The molecule has 6 heteroatoms. The van der Waals surface area contributed by atoms with Gasteiger partial charge in [-0.15, -0.1) is 0 Å². The van der Waals surface area contributed by atoms with Crippen LogP contribution in [0.5, 0.6) is 0 Å². The number of hydrogen-bond acceptors (Lipinski definition) is 6. The van der Waals surface area contributed by atoms with Crippen LogP contribution in [-0.4, -0.2) is 31.6 Å². The third-order valence-corrected chi connectivity index (χ3v) is 1.42. The van der Waals surface area contributed by atoms with E-state index in [1.165, 1.54) is 7.11 Å². The number of nitrogens with one attached hydrogen (secondary N) is 2. The van der Waals surface area contributed by atoms with Crippen molar-refractivity contribution < 1.29 is 9.53 Å². The molecule has 0 aromatic heterocycles. The zero-order chi connectivity index (χ0) is 10.3. The van der Waals surface area contributed by atoms with Crippen LogP contribution in [0.4, 0.5) is 0 Å². The van der Waals surface area contributed by atoms with E-state index in [0.717, 1.165) is 0 Å². The van der Waals surface area contributed by atoms with Gasteiger partial charge in [-0.3, -0.25) is 10.7 Å². The van der Waals surface area contributed by atoms with E-state index < -0.39 is 12.3 Å². The topological polar surface area (TPSA) is 114 Å². The Labute approximate surface area is 77.1 Å². The van der Waals surface area contributed by atoms with E-state index >= 15 is 0 Å². The lowest BCUT2D eigenvalue weighted by Crippen LogP contribution is -2.45.